The molecule has 0 aromatic carbocycles. The van der Waals surface area contributed by atoms with Crippen LogP contribution in [0.2, 0.25) is 0 Å². The zero-order valence-electron chi connectivity index (χ0n) is 9.98. The Hall–Kier alpha value is -1.03. The monoisotopic (exact) mass is 210 g/mol. The molecule has 0 fully saturated rings. The van der Waals surface area contributed by atoms with Gasteiger partial charge in [0.25, 0.3) is 0 Å². The second kappa shape index (κ2) is 5.75. The first kappa shape index (κ1) is 12.0. The van der Waals surface area contributed by atoms with Gasteiger partial charge in [-0.1, -0.05) is 13.8 Å². The van der Waals surface area contributed by atoms with Crippen molar-refractivity contribution in [3.63, 3.8) is 0 Å². The van der Waals surface area contributed by atoms with Gasteiger partial charge in [0.05, 0.1) is 18.4 Å². The Morgan fingerprint density at radius 2 is 2.13 bits per heavy atom. The number of hydrogen-bond acceptors (Lipinski definition) is 3. The molecule has 0 bridgehead atoms. The average molecular weight is 210 g/mol. The fourth-order valence-electron chi connectivity index (χ4n) is 1.86. The van der Waals surface area contributed by atoms with Crippen molar-refractivity contribution < 1.29 is 0 Å². The van der Waals surface area contributed by atoms with E-state index in [9.17, 15) is 0 Å². The summed E-state index contributed by atoms with van der Waals surface area (Å²) in [7, 11) is 2.17. The molecule has 0 aliphatic heterocycles. The van der Waals surface area contributed by atoms with Crippen molar-refractivity contribution in [3.8, 4) is 0 Å². The molecule has 86 valence electrons. The molecule has 0 saturated carbocycles. The summed E-state index contributed by atoms with van der Waals surface area (Å²) in [5.74, 6) is 0. The van der Waals surface area contributed by atoms with Gasteiger partial charge in [-0.3, -0.25) is 4.68 Å². The molecular weight excluding hydrogens is 188 g/mol. The Morgan fingerprint density at radius 3 is 2.60 bits per heavy atom. The van der Waals surface area contributed by atoms with Gasteiger partial charge in [-0.15, -0.1) is 0 Å². The van der Waals surface area contributed by atoms with Crippen molar-refractivity contribution in [1.82, 2.24) is 14.7 Å². The third kappa shape index (κ3) is 3.55. The standard InChI is InChI=1S/C11H22N4/c1-4-11(5-2)14(3)6-7-15-9-10(12)8-13-15/h8-9,11H,4-7,12H2,1-3H3. The van der Waals surface area contributed by atoms with E-state index in [1.54, 1.807) is 6.20 Å². The maximum atomic E-state index is 5.60. The summed E-state index contributed by atoms with van der Waals surface area (Å²) in [6.45, 7) is 6.39. The minimum Gasteiger partial charge on any atom is -0.396 e. The van der Waals surface area contributed by atoms with Gasteiger partial charge in [0.1, 0.15) is 0 Å². The van der Waals surface area contributed by atoms with Gasteiger partial charge >= 0.3 is 0 Å². The molecule has 2 N–H and O–H groups in total. The normalized spacial score (nSPS) is 11.5. The summed E-state index contributed by atoms with van der Waals surface area (Å²) in [5.41, 5.74) is 6.34. The highest BCUT2D eigenvalue weighted by Crippen LogP contribution is 2.06. The van der Waals surface area contributed by atoms with Gasteiger partial charge in [0.2, 0.25) is 0 Å². The predicted octanol–water partition coefficient (Wildman–Crippen LogP) is 1.59. The Kier molecular flexibility index (Phi) is 4.62. The lowest BCUT2D eigenvalue weighted by molar-refractivity contribution is 0.218. The minimum absolute atomic E-state index is 0.679. The highest BCUT2D eigenvalue weighted by atomic mass is 15.3. The number of nitrogen functional groups attached to an aromatic ring is 1. The molecule has 0 radical (unpaired) electrons. The molecule has 15 heavy (non-hydrogen) atoms. The number of nitrogens with zero attached hydrogens (tertiary/aromatic N) is 3. The quantitative estimate of drug-likeness (QED) is 0.775. The predicted molar refractivity (Wildman–Crippen MR) is 63.6 cm³/mol. The number of hydrogen-bond donors (Lipinski definition) is 1. The Labute approximate surface area is 92.1 Å². The van der Waals surface area contributed by atoms with Crippen molar-refractivity contribution in [2.45, 2.75) is 39.3 Å². The molecule has 0 aliphatic carbocycles. The van der Waals surface area contributed by atoms with E-state index in [1.165, 1.54) is 12.8 Å². The summed E-state index contributed by atoms with van der Waals surface area (Å²) >= 11 is 0. The maximum absolute atomic E-state index is 5.60. The van der Waals surface area contributed by atoms with E-state index in [0.29, 0.717) is 6.04 Å². The molecule has 1 aromatic heterocycles. The third-order valence-corrected chi connectivity index (χ3v) is 2.90. The van der Waals surface area contributed by atoms with Crippen molar-refractivity contribution in [3.05, 3.63) is 12.4 Å². The topological polar surface area (TPSA) is 47.1 Å². The zero-order chi connectivity index (χ0) is 11.3. The van der Waals surface area contributed by atoms with Crippen LogP contribution < -0.4 is 5.73 Å². The largest absolute Gasteiger partial charge is 0.396 e. The lowest BCUT2D eigenvalue weighted by Crippen LogP contribution is -2.33. The van der Waals surface area contributed by atoms with Crippen molar-refractivity contribution in [1.29, 1.82) is 0 Å². The fraction of sp³-hybridized carbons (Fsp3) is 0.727. The summed E-state index contributed by atoms with van der Waals surface area (Å²) in [6.07, 6.45) is 5.97. The molecule has 1 aromatic rings. The summed E-state index contributed by atoms with van der Waals surface area (Å²) < 4.78 is 1.90. The lowest BCUT2D eigenvalue weighted by Gasteiger charge is -2.25. The van der Waals surface area contributed by atoms with Crippen molar-refractivity contribution >= 4 is 5.69 Å². The number of likely N-dealkylation sites (N-methyl/N-ethyl adjacent to an activating group) is 1. The van der Waals surface area contributed by atoms with E-state index in [4.69, 9.17) is 5.73 Å². The molecule has 0 unspecified atom stereocenters. The molecule has 0 spiro atoms. The van der Waals surface area contributed by atoms with E-state index in [-0.39, 0.29) is 0 Å². The van der Waals surface area contributed by atoms with Crippen molar-refractivity contribution in [2.24, 2.45) is 0 Å². The van der Waals surface area contributed by atoms with Crippen LogP contribution in [0.4, 0.5) is 5.69 Å². The van der Waals surface area contributed by atoms with Crippen LogP contribution in [-0.2, 0) is 6.54 Å². The Morgan fingerprint density at radius 1 is 1.47 bits per heavy atom. The van der Waals surface area contributed by atoms with Crippen LogP contribution in [0, 0.1) is 0 Å². The molecule has 1 rings (SSSR count). The number of nitrogens with two attached hydrogens (primary N) is 1. The average Bonchev–Trinajstić information content (AvgIpc) is 2.63. The third-order valence-electron chi connectivity index (χ3n) is 2.90. The molecule has 4 nitrogen and oxygen atoms in total. The van der Waals surface area contributed by atoms with Gasteiger partial charge in [-0.05, 0) is 19.9 Å². The SMILES string of the molecule is CCC(CC)N(C)CCn1cc(N)cn1. The molecule has 4 heteroatoms. The Bertz CT molecular complexity index is 278. The first-order valence-corrected chi connectivity index (χ1v) is 5.65. The van der Waals surface area contributed by atoms with Gasteiger partial charge in [0, 0.05) is 18.8 Å². The highest BCUT2D eigenvalue weighted by molar-refractivity contribution is 5.30. The highest BCUT2D eigenvalue weighted by Gasteiger charge is 2.09. The van der Waals surface area contributed by atoms with E-state index < -0.39 is 0 Å². The van der Waals surface area contributed by atoms with E-state index in [1.807, 2.05) is 10.9 Å². The number of rotatable bonds is 6. The molecular formula is C11H22N4. The Balaban J connectivity index is 2.36. The van der Waals surface area contributed by atoms with E-state index in [2.05, 4.69) is 30.9 Å². The second-order valence-electron chi connectivity index (χ2n) is 3.99. The van der Waals surface area contributed by atoms with Crippen LogP contribution in [0.15, 0.2) is 12.4 Å². The van der Waals surface area contributed by atoms with Gasteiger partial charge in [-0.25, -0.2) is 0 Å². The smallest absolute Gasteiger partial charge is 0.0719 e. The van der Waals surface area contributed by atoms with Gasteiger partial charge < -0.3 is 10.6 Å². The van der Waals surface area contributed by atoms with Crippen molar-refractivity contribution in [2.75, 3.05) is 19.3 Å². The first-order valence-electron chi connectivity index (χ1n) is 5.65. The zero-order valence-corrected chi connectivity index (χ0v) is 9.98. The van der Waals surface area contributed by atoms with Crippen LogP contribution in [0.5, 0.6) is 0 Å². The van der Waals surface area contributed by atoms with Gasteiger partial charge in [0.15, 0.2) is 0 Å². The van der Waals surface area contributed by atoms with Crippen LogP contribution in [0.25, 0.3) is 0 Å². The minimum atomic E-state index is 0.679. The molecule has 0 atom stereocenters. The number of anilines is 1. The van der Waals surface area contributed by atoms with Crippen LogP contribution in [-0.4, -0.2) is 34.3 Å². The summed E-state index contributed by atoms with van der Waals surface area (Å²) in [5, 5.41) is 4.16. The van der Waals surface area contributed by atoms with Crippen LogP contribution in [0.3, 0.4) is 0 Å². The fourth-order valence-corrected chi connectivity index (χ4v) is 1.86. The molecule has 0 aliphatic rings. The molecule has 0 amide bonds. The van der Waals surface area contributed by atoms with E-state index >= 15 is 0 Å². The maximum Gasteiger partial charge on any atom is 0.0719 e. The second-order valence-corrected chi connectivity index (χ2v) is 3.99. The van der Waals surface area contributed by atoms with E-state index in [0.717, 1.165) is 18.8 Å². The first-order chi connectivity index (χ1) is 7.17. The number of aromatic nitrogens is 2. The lowest BCUT2D eigenvalue weighted by atomic mass is 10.1. The van der Waals surface area contributed by atoms with Crippen LogP contribution >= 0.6 is 0 Å². The summed E-state index contributed by atoms with van der Waals surface area (Å²) in [4.78, 5) is 2.39. The summed E-state index contributed by atoms with van der Waals surface area (Å²) in [6, 6.07) is 0.679. The molecule has 1 heterocycles. The van der Waals surface area contributed by atoms with Gasteiger partial charge in [-0.2, -0.15) is 5.10 Å². The molecule has 0 saturated heterocycles. The van der Waals surface area contributed by atoms with Crippen LogP contribution in [0.1, 0.15) is 26.7 Å².